The van der Waals surface area contributed by atoms with Crippen molar-refractivity contribution in [3.8, 4) is 5.75 Å². The Morgan fingerprint density at radius 1 is 1.20 bits per heavy atom. The first-order valence-electron chi connectivity index (χ1n) is 11.8. The van der Waals surface area contributed by atoms with Crippen LogP contribution in [0.2, 0.25) is 0 Å². The molecule has 1 saturated carbocycles. The van der Waals surface area contributed by atoms with Gasteiger partial charge in [0.15, 0.2) is 0 Å². The van der Waals surface area contributed by atoms with Crippen molar-refractivity contribution in [3.63, 3.8) is 0 Å². The van der Waals surface area contributed by atoms with Gasteiger partial charge in [-0.15, -0.1) is 0 Å². The first-order valence-corrected chi connectivity index (χ1v) is 11.8. The molecular weight excluding hydrogens is 460 g/mol. The Kier molecular flexibility index (Phi) is 5.86. The van der Waals surface area contributed by atoms with E-state index in [2.05, 4.69) is 27.2 Å². The van der Waals surface area contributed by atoms with Gasteiger partial charge in [-0.1, -0.05) is 12.1 Å². The quantitative estimate of drug-likeness (QED) is 0.423. The number of hydrogen-bond donors (Lipinski definition) is 1. The van der Waals surface area contributed by atoms with Crippen molar-refractivity contribution in [2.24, 2.45) is 5.41 Å². The van der Waals surface area contributed by atoms with E-state index < -0.39 is 23.6 Å². The third-order valence-electron chi connectivity index (χ3n) is 7.21. The fourth-order valence-electron chi connectivity index (χ4n) is 5.11. The minimum Gasteiger partial charge on any atom is -0.492 e. The van der Waals surface area contributed by atoms with Crippen LogP contribution < -0.4 is 10.1 Å². The summed E-state index contributed by atoms with van der Waals surface area (Å²) in [6, 6.07) is 8.42. The standard InChI is InChI=1S/C26H28F4N4O/c1-15(19-5-4-6-21(23(19)27)26(28,29)30)31-24-20-11-18(7-8-22(20)32-16(2)33-24)35-13-17-12-25(9-10-25)14-34(17)3/h4-8,11,15,17H,9-10,12-14H2,1-3H3,(H,31,32,33)/t15-,17+/m1/s1. The average Bonchev–Trinajstić information content (AvgIpc) is 3.46. The number of aromatic nitrogens is 2. The molecule has 1 aliphatic carbocycles. The lowest BCUT2D eigenvalue weighted by Crippen LogP contribution is -2.30. The number of alkyl halides is 3. The topological polar surface area (TPSA) is 50.3 Å². The molecule has 2 fully saturated rings. The van der Waals surface area contributed by atoms with Gasteiger partial charge < -0.3 is 10.1 Å². The summed E-state index contributed by atoms with van der Waals surface area (Å²) < 4.78 is 60.4. The summed E-state index contributed by atoms with van der Waals surface area (Å²) in [4.78, 5) is 11.3. The SMILES string of the molecule is Cc1nc(N[C@H](C)c2cccc(C(F)(F)F)c2F)c2cc(OC[C@@H]3CC4(CC4)CN3C)ccc2n1. The second-order valence-electron chi connectivity index (χ2n) is 9.96. The number of rotatable bonds is 6. The van der Waals surface area contributed by atoms with Gasteiger partial charge in [-0.05, 0) is 69.8 Å². The van der Waals surface area contributed by atoms with Gasteiger partial charge in [0.05, 0.1) is 17.1 Å². The molecule has 5 nitrogen and oxygen atoms in total. The van der Waals surface area contributed by atoms with Crippen LogP contribution in [0.25, 0.3) is 10.9 Å². The number of likely N-dealkylation sites (tertiary alicyclic amines) is 1. The minimum absolute atomic E-state index is 0.0880. The van der Waals surface area contributed by atoms with Crippen molar-refractivity contribution < 1.29 is 22.3 Å². The number of anilines is 1. The van der Waals surface area contributed by atoms with Gasteiger partial charge in [-0.25, -0.2) is 14.4 Å². The Labute approximate surface area is 201 Å². The van der Waals surface area contributed by atoms with E-state index in [-0.39, 0.29) is 5.56 Å². The van der Waals surface area contributed by atoms with Crippen LogP contribution in [0.5, 0.6) is 5.75 Å². The lowest BCUT2D eigenvalue weighted by atomic mass is 10.0. The van der Waals surface area contributed by atoms with Gasteiger partial charge >= 0.3 is 6.18 Å². The normalized spacial score (nSPS) is 20.4. The molecule has 1 saturated heterocycles. The monoisotopic (exact) mass is 488 g/mol. The molecule has 5 rings (SSSR count). The second-order valence-corrected chi connectivity index (χ2v) is 9.96. The zero-order valence-electron chi connectivity index (χ0n) is 19.9. The molecule has 0 bridgehead atoms. The predicted molar refractivity (Wildman–Crippen MR) is 126 cm³/mol. The summed E-state index contributed by atoms with van der Waals surface area (Å²) >= 11 is 0. The van der Waals surface area contributed by atoms with Gasteiger partial charge in [-0.3, -0.25) is 4.90 Å². The van der Waals surface area contributed by atoms with Gasteiger partial charge in [0, 0.05) is 23.5 Å². The van der Waals surface area contributed by atoms with E-state index in [4.69, 9.17) is 4.74 Å². The van der Waals surface area contributed by atoms with Crippen LogP contribution in [0.1, 0.15) is 49.2 Å². The summed E-state index contributed by atoms with van der Waals surface area (Å²) in [6.45, 7) is 5.02. The fraction of sp³-hybridized carbons (Fsp3) is 0.462. The van der Waals surface area contributed by atoms with E-state index in [1.165, 1.54) is 25.0 Å². The van der Waals surface area contributed by atoms with E-state index in [1.807, 2.05) is 18.2 Å². The van der Waals surface area contributed by atoms with Crippen LogP contribution in [0.4, 0.5) is 23.4 Å². The van der Waals surface area contributed by atoms with Crippen LogP contribution >= 0.6 is 0 Å². The highest BCUT2D eigenvalue weighted by molar-refractivity contribution is 5.90. The van der Waals surface area contributed by atoms with Crippen molar-refractivity contribution in [1.82, 2.24) is 14.9 Å². The van der Waals surface area contributed by atoms with Crippen molar-refractivity contribution in [3.05, 3.63) is 59.2 Å². The number of aryl methyl sites for hydroxylation is 1. The maximum absolute atomic E-state index is 14.7. The molecule has 1 N–H and O–H groups in total. The van der Waals surface area contributed by atoms with Gasteiger partial charge in [0.1, 0.15) is 29.8 Å². The molecule has 2 aliphatic rings. The molecule has 2 atom stereocenters. The number of nitrogens with one attached hydrogen (secondary N) is 1. The third kappa shape index (κ3) is 4.78. The molecule has 186 valence electrons. The number of nitrogens with zero attached hydrogens (tertiary/aromatic N) is 3. The summed E-state index contributed by atoms with van der Waals surface area (Å²) in [5, 5.41) is 3.75. The Bertz CT molecular complexity index is 1260. The van der Waals surface area contributed by atoms with Crippen LogP contribution in [0.3, 0.4) is 0 Å². The minimum atomic E-state index is -4.77. The largest absolute Gasteiger partial charge is 0.492 e. The molecule has 2 aromatic carbocycles. The Morgan fingerprint density at radius 2 is 1.97 bits per heavy atom. The molecule has 1 aromatic heterocycles. The van der Waals surface area contributed by atoms with Crippen molar-refractivity contribution in [2.75, 3.05) is 25.5 Å². The summed E-state index contributed by atoms with van der Waals surface area (Å²) in [7, 11) is 2.13. The molecule has 2 heterocycles. The maximum atomic E-state index is 14.7. The number of benzene rings is 2. The van der Waals surface area contributed by atoms with Gasteiger partial charge in [0.25, 0.3) is 0 Å². The van der Waals surface area contributed by atoms with Crippen LogP contribution in [0, 0.1) is 18.2 Å². The number of halogens is 4. The summed E-state index contributed by atoms with van der Waals surface area (Å²) in [5.41, 5.74) is -0.217. The Morgan fingerprint density at radius 3 is 2.66 bits per heavy atom. The van der Waals surface area contributed by atoms with Crippen LogP contribution in [-0.4, -0.2) is 41.1 Å². The maximum Gasteiger partial charge on any atom is 0.419 e. The van der Waals surface area contributed by atoms with Crippen molar-refractivity contribution >= 4 is 16.7 Å². The highest BCUT2D eigenvalue weighted by atomic mass is 19.4. The second kappa shape index (κ2) is 8.62. The molecule has 9 heteroatoms. The molecule has 0 unspecified atom stereocenters. The van der Waals surface area contributed by atoms with Crippen LogP contribution in [0.15, 0.2) is 36.4 Å². The first kappa shape index (κ1) is 23.8. The molecule has 1 aliphatic heterocycles. The average molecular weight is 489 g/mol. The Balaban J connectivity index is 1.39. The molecule has 0 radical (unpaired) electrons. The molecule has 35 heavy (non-hydrogen) atoms. The number of ether oxygens (including phenoxy) is 1. The van der Waals surface area contributed by atoms with E-state index >= 15 is 0 Å². The Hall–Kier alpha value is -2.94. The molecule has 0 amide bonds. The number of likely N-dealkylation sites (N-methyl/N-ethyl adjacent to an activating group) is 1. The molecule has 3 aromatic rings. The van der Waals surface area contributed by atoms with E-state index in [0.29, 0.717) is 46.4 Å². The number of fused-ring (bicyclic) bond motifs is 1. The zero-order chi connectivity index (χ0) is 25.0. The first-order chi connectivity index (χ1) is 16.5. The highest BCUT2D eigenvalue weighted by Crippen LogP contribution is 2.54. The van der Waals surface area contributed by atoms with Gasteiger partial charge in [-0.2, -0.15) is 13.2 Å². The van der Waals surface area contributed by atoms with E-state index in [0.717, 1.165) is 19.0 Å². The molecular formula is C26H28F4N4O. The number of hydrogen-bond acceptors (Lipinski definition) is 5. The van der Waals surface area contributed by atoms with Crippen molar-refractivity contribution in [2.45, 2.75) is 51.4 Å². The zero-order valence-corrected chi connectivity index (χ0v) is 19.9. The lowest BCUT2D eigenvalue weighted by molar-refractivity contribution is -0.140. The lowest BCUT2D eigenvalue weighted by Gasteiger charge is -2.21. The third-order valence-corrected chi connectivity index (χ3v) is 7.21. The van der Waals surface area contributed by atoms with E-state index in [9.17, 15) is 17.6 Å². The van der Waals surface area contributed by atoms with E-state index in [1.54, 1.807) is 13.8 Å². The highest BCUT2D eigenvalue weighted by Gasteiger charge is 2.50. The smallest absolute Gasteiger partial charge is 0.419 e. The van der Waals surface area contributed by atoms with Crippen molar-refractivity contribution in [1.29, 1.82) is 0 Å². The van der Waals surface area contributed by atoms with Gasteiger partial charge in [0.2, 0.25) is 0 Å². The summed E-state index contributed by atoms with van der Waals surface area (Å²) in [6.07, 6.45) is -1.04. The fourth-order valence-corrected chi connectivity index (χ4v) is 5.11. The summed E-state index contributed by atoms with van der Waals surface area (Å²) in [5.74, 6) is 0.286. The molecule has 1 spiro atoms. The van der Waals surface area contributed by atoms with Crippen LogP contribution in [-0.2, 0) is 6.18 Å². The predicted octanol–water partition coefficient (Wildman–Crippen LogP) is 6.13.